The molecule has 0 atom stereocenters. The first-order valence-electron chi connectivity index (χ1n) is 8.29. The van der Waals surface area contributed by atoms with Gasteiger partial charge in [-0.1, -0.05) is 47.4 Å². The first-order chi connectivity index (χ1) is 13.1. The minimum Gasteiger partial charge on any atom is -0.330 e. The number of rotatable bonds is 7. The molecule has 1 amide bonds. The molecule has 5 nitrogen and oxygen atoms in total. The zero-order valence-corrected chi connectivity index (χ0v) is 17.7. The van der Waals surface area contributed by atoms with Crippen molar-refractivity contribution in [3.05, 3.63) is 53.6 Å². The summed E-state index contributed by atoms with van der Waals surface area (Å²) in [7, 11) is 0. The SMILES string of the molecule is CSc1ccccc1NC(=O)CSc1nnc(Nc2cccc(C)c2C)s1. The van der Waals surface area contributed by atoms with Crippen LogP contribution in [-0.4, -0.2) is 28.1 Å². The van der Waals surface area contributed by atoms with Crippen LogP contribution in [0.2, 0.25) is 0 Å². The van der Waals surface area contributed by atoms with Gasteiger partial charge in [0.2, 0.25) is 11.0 Å². The molecule has 3 rings (SSSR count). The lowest BCUT2D eigenvalue weighted by Gasteiger charge is -2.08. The Bertz CT molecular complexity index is 942. The summed E-state index contributed by atoms with van der Waals surface area (Å²) >= 11 is 4.44. The molecule has 0 radical (unpaired) electrons. The van der Waals surface area contributed by atoms with E-state index < -0.39 is 0 Å². The quantitative estimate of drug-likeness (QED) is 0.506. The van der Waals surface area contributed by atoms with Crippen molar-refractivity contribution >= 4 is 57.3 Å². The average molecular weight is 417 g/mol. The number of anilines is 3. The molecular weight excluding hydrogens is 396 g/mol. The molecule has 0 bridgehead atoms. The molecule has 0 fully saturated rings. The van der Waals surface area contributed by atoms with Gasteiger partial charge in [-0.25, -0.2) is 0 Å². The van der Waals surface area contributed by atoms with Crippen LogP contribution in [0.5, 0.6) is 0 Å². The fourth-order valence-corrected chi connectivity index (χ4v) is 4.50. The second-order valence-corrected chi connectivity index (χ2v) is 8.83. The van der Waals surface area contributed by atoms with Gasteiger partial charge in [-0.15, -0.1) is 22.0 Å². The highest BCUT2D eigenvalue weighted by atomic mass is 32.2. The highest BCUT2D eigenvalue weighted by molar-refractivity contribution is 8.01. The van der Waals surface area contributed by atoms with Crippen LogP contribution in [0.3, 0.4) is 0 Å². The van der Waals surface area contributed by atoms with Gasteiger partial charge in [0.1, 0.15) is 0 Å². The van der Waals surface area contributed by atoms with Gasteiger partial charge in [0.25, 0.3) is 0 Å². The largest absolute Gasteiger partial charge is 0.330 e. The van der Waals surface area contributed by atoms with Gasteiger partial charge in [0.05, 0.1) is 11.4 Å². The fraction of sp³-hybridized carbons (Fsp3) is 0.211. The predicted octanol–water partition coefficient (Wildman–Crippen LogP) is 5.35. The summed E-state index contributed by atoms with van der Waals surface area (Å²) < 4.78 is 0.760. The lowest BCUT2D eigenvalue weighted by molar-refractivity contribution is -0.113. The van der Waals surface area contributed by atoms with Gasteiger partial charge in [0.15, 0.2) is 4.34 Å². The number of amides is 1. The van der Waals surface area contributed by atoms with Crippen LogP contribution in [-0.2, 0) is 4.79 Å². The van der Waals surface area contributed by atoms with Crippen molar-refractivity contribution < 1.29 is 4.79 Å². The van der Waals surface area contributed by atoms with E-state index in [1.807, 2.05) is 42.7 Å². The van der Waals surface area contributed by atoms with E-state index in [0.29, 0.717) is 5.75 Å². The Hall–Kier alpha value is -2.03. The summed E-state index contributed by atoms with van der Waals surface area (Å²) in [5, 5.41) is 15.3. The van der Waals surface area contributed by atoms with Crippen LogP contribution >= 0.6 is 34.9 Å². The number of hydrogen-bond acceptors (Lipinski definition) is 7. The van der Waals surface area contributed by atoms with E-state index in [2.05, 4.69) is 40.7 Å². The van der Waals surface area contributed by atoms with Crippen LogP contribution in [0.15, 0.2) is 51.7 Å². The first-order valence-corrected chi connectivity index (χ1v) is 11.3. The van der Waals surface area contributed by atoms with E-state index in [-0.39, 0.29) is 5.91 Å². The lowest BCUT2D eigenvalue weighted by atomic mass is 10.1. The minimum absolute atomic E-state index is 0.0549. The molecule has 27 heavy (non-hydrogen) atoms. The molecule has 1 heterocycles. The van der Waals surface area contributed by atoms with Crippen molar-refractivity contribution in [2.45, 2.75) is 23.1 Å². The van der Waals surface area contributed by atoms with Gasteiger partial charge in [-0.2, -0.15) is 0 Å². The summed E-state index contributed by atoms with van der Waals surface area (Å²) in [6.45, 7) is 4.15. The number of aryl methyl sites for hydroxylation is 1. The summed E-state index contributed by atoms with van der Waals surface area (Å²) in [6.07, 6.45) is 1.99. The molecule has 0 aliphatic rings. The third kappa shape index (κ3) is 5.24. The van der Waals surface area contributed by atoms with Crippen molar-refractivity contribution in [3.63, 3.8) is 0 Å². The molecule has 2 N–H and O–H groups in total. The number of thioether (sulfide) groups is 2. The molecular formula is C19H20N4OS3. The first kappa shape index (κ1) is 19.7. The molecule has 3 aromatic rings. The smallest absolute Gasteiger partial charge is 0.234 e. The number of para-hydroxylation sites is 1. The number of nitrogens with zero attached hydrogens (tertiary/aromatic N) is 2. The average Bonchev–Trinajstić information content (AvgIpc) is 3.12. The van der Waals surface area contributed by atoms with Crippen molar-refractivity contribution in [3.8, 4) is 0 Å². The predicted molar refractivity (Wildman–Crippen MR) is 117 cm³/mol. The minimum atomic E-state index is -0.0549. The monoisotopic (exact) mass is 416 g/mol. The summed E-state index contributed by atoms with van der Waals surface area (Å²) in [5.41, 5.74) is 4.27. The Morgan fingerprint density at radius 1 is 1.07 bits per heavy atom. The number of benzene rings is 2. The topological polar surface area (TPSA) is 66.9 Å². The maximum atomic E-state index is 12.2. The molecule has 0 saturated carbocycles. The number of carbonyl (C=O) groups is 1. The maximum Gasteiger partial charge on any atom is 0.234 e. The van der Waals surface area contributed by atoms with E-state index >= 15 is 0 Å². The lowest BCUT2D eigenvalue weighted by Crippen LogP contribution is -2.14. The van der Waals surface area contributed by atoms with Gasteiger partial charge < -0.3 is 10.6 Å². The van der Waals surface area contributed by atoms with Crippen molar-refractivity contribution in [2.24, 2.45) is 0 Å². The van der Waals surface area contributed by atoms with E-state index in [9.17, 15) is 4.79 Å². The maximum absolute atomic E-state index is 12.2. The summed E-state index contributed by atoms with van der Waals surface area (Å²) in [4.78, 5) is 13.3. The van der Waals surface area contributed by atoms with Crippen LogP contribution in [0.1, 0.15) is 11.1 Å². The van der Waals surface area contributed by atoms with Crippen molar-refractivity contribution in [1.29, 1.82) is 0 Å². The van der Waals surface area contributed by atoms with E-state index in [1.54, 1.807) is 11.8 Å². The van der Waals surface area contributed by atoms with Crippen molar-refractivity contribution in [1.82, 2.24) is 10.2 Å². The molecule has 8 heteroatoms. The fourth-order valence-electron chi connectivity index (χ4n) is 2.38. The normalized spacial score (nSPS) is 10.6. The highest BCUT2D eigenvalue weighted by Gasteiger charge is 2.11. The highest BCUT2D eigenvalue weighted by Crippen LogP contribution is 2.30. The van der Waals surface area contributed by atoms with Crippen LogP contribution in [0.25, 0.3) is 0 Å². The molecule has 1 aromatic heterocycles. The van der Waals surface area contributed by atoms with Crippen LogP contribution < -0.4 is 10.6 Å². The molecule has 0 spiro atoms. The Labute approximate surface area is 171 Å². The van der Waals surface area contributed by atoms with Gasteiger partial charge in [0, 0.05) is 10.6 Å². The number of hydrogen-bond donors (Lipinski definition) is 2. The number of nitrogens with one attached hydrogen (secondary N) is 2. The Kier molecular flexibility index (Phi) is 6.76. The molecule has 0 unspecified atom stereocenters. The third-order valence-electron chi connectivity index (χ3n) is 3.96. The zero-order valence-electron chi connectivity index (χ0n) is 15.3. The summed E-state index contributed by atoms with van der Waals surface area (Å²) in [6, 6.07) is 13.9. The van der Waals surface area contributed by atoms with Crippen molar-refractivity contribution in [2.75, 3.05) is 22.6 Å². The Morgan fingerprint density at radius 3 is 2.67 bits per heavy atom. The molecule has 0 aliphatic carbocycles. The number of aromatic nitrogens is 2. The van der Waals surface area contributed by atoms with Gasteiger partial charge in [-0.3, -0.25) is 4.79 Å². The van der Waals surface area contributed by atoms with Gasteiger partial charge >= 0.3 is 0 Å². The van der Waals surface area contributed by atoms with E-state index in [0.717, 1.165) is 25.7 Å². The second kappa shape index (κ2) is 9.25. The molecule has 0 saturated heterocycles. The molecule has 2 aromatic carbocycles. The Balaban J connectivity index is 1.56. The zero-order chi connectivity index (χ0) is 19.2. The summed E-state index contributed by atoms with van der Waals surface area (Å²) in [5.74, 6) is 0.238. The van der Waals surface area contributed by atoms with Gasteiger partial charge in [-0.05, 0) is 49.4 Å². The second-order valence-electron chi connectivity index (χ2n) is 5.78. The third-order valence-corrected chi connectivity index (χ3v) is 6.73. The molecule has 140 valence electrons. The van der Waals surface area contributed by atoms with Crippen LogP contribution in [0, 0.1) is 13.8 Å². The van der Waals surface area contributed by atoms with E-state index in [4.69, 9.17) is 0 Å². The van der Waals surface area contributed by atoms with Crippen LogP contribution in [0.4, 0.5) is 16.5 Å². The number of carbonyl (C=O) groups excluding carboxylic acids is 1. The Morgan fingerprint density at radius 2 is 1.85 bits per heavy atom. The van der Waals surface area contributed by atoms with E-state index in [1.165, 1.54) is 34.2 Å². The molecule has 0 aliphatic heterocycles. The standard InChI is InChI=1S/C19H20N4OS3/c1-12-7-6-9-14(13(12)2)21-18-22-23-19(27-18)26-11-17(24)20-15-8-4-5-10-16(15)25-3/h4-10H,11H2,1-3H3,(H,20,24)(H,21,22).